The van der Waals surface area contributed by atoms with E-state index in [1.807, 2.05) is 6.92 Å². The van der Waals surface area contributed by atoms with Crippen LogP contribution in [0.1, 0.15) is 26.3 Å². The third-order valence-electron chi connectivity index (χ3n) is 2.84. The molecule has 1 unspecified atom stereocenters. The summed E-state index contributed by atoms with van der Waals surface area (Å²) < 4.78 is 1.53. The smallest absolute Gasteiger partial charge is 0.266 e. The van der Waals surface area contributed by atoms with Crippen molar-refractivity contribution in [2.45, 2.75) is 34.2 Å². The summed E-state index contributed by atoms with van der Waals surface area (Å²) in [6.45, 7) is 8.98. The maximum Gasteiger partial charge on any atom is 0.266 e. The molecule has 1 atom stereocenters. The van der Waals surface area contributed by atoms with Crippen molar-refractivity contribution in [3.8, 4) is 0 Å². The van der Waals surface area contributed by atoms with E-state index in [-0.39, 0.29) is 11.0 Å². The monoisotopic (exact) mass is 240 g/mol. The van der Waals surface area contributed by atoms with Gasteiger partial charge >= 0.3 is 0 Å². The standard InChI is InChI=1S/C12H20N2OS/c1-9-5-11(15)14(13-6-9)7-10(8-16)12(2,3)4/h5-6,10,16H,7-8H2,1-4H3. The van der Waals surface area contributed by atoms with E-state index in [1.54, 1.807) is 12.3 Å². The van der Waals surface area contributed by atoms with Gasteiger partial charge in [0.2, 0.25) is 0 Å². The van der Waals surface area contributed by atoms with Crippen LogP contribution in [0.5, 0.6) is 0 Å². The van der Waals surface area contributed by atoms with Crippen molar-refractivity contribution < 1.29 is 0 Å². The topological polar surface area (TPSA) is 34.9 Å². The molecule has 90 valence electrons. The summed E-state index contributed by atoms with van der Waals surface area (Å²) in [6, 6.07) is 1.62. The van der Waals surface area contributed by atoms with E-state index in [9.17, 15) is 4.79 Å². The van der Waals surface area contributed by atoms with E-state index < -0.39 is 0 Å². The van der Waals surface area contributed by atoms with Crippen molar-refractivity contribution in [3.63, 3.8) is 0 Å². The maximum absolute atomic E-state index is 11.7. The minimum Gasteiger partial charge on any atom is -0.268 e. The largest absolute Gasteiger partial charge is 0.268 e. The first kappa shape index (κ1) is 13.3. The highest BCUT2D eigenvalue weighted by molar-refractivity contribution is 7.80. The average Bonchev–Trinajstić information content (AvgIpc) is 2.14. The summed E-state index contributed by atoms with van der Waals surface area (Å²) in [4.78, 5) is 11.7. The van der Waals surface area contributed by atoms with E-state index >= 15 is 0 Å². The Bertz CT molecular complexity index is 406. The molecule has 4 heteroatoms. The van der Waals surface area contributed by atoms with Gasteiger partial charge in [-0.2, -0.15) is 17.7 Å². The highest BCUT2D eigenvalue weighted by atomic mass is 32.1. The summed E-state index contributed by atoms with van der Waals surface area (Å²) in [7, 11) is 0. The number of rotatable bonds is 3. The van der Waals surface area contributed by atoms with Gasteiger partial charge in [0.05, 0.1) is 6.20 Å². The van der Waals surface area contributed by atoms with E-state index in [4.69, 9.17) is 0 Å². The van der Waals surface area contributed by atoms with Crippen molar-refractivity contribution in [1.29, 1.82) is 0 Å². The van der Waals surface area contributed by atoms with Gasteiger partial charge < -0.3 is 0 Å². The molecule has 0 amide bonds. The Balaban J connectivity index is 2.91. The summed E-state index contributed by atoms with van der Waals surface area (Å²) in [5, 5.41) is 4.15. The second-order valence-electron chi connectivity index (χ2n) is 5.30. The molecule has 0 radical (unpaired) electrons. The minimum atomic E-state index is -0.0315. The number of hydrogen-bond donors (Lipinski definition) is 1. The Morgan fingerprint density at radius 2 is 2.12 bits per heavy atom. The van der Waals surface area contributed by atoms with Crippen LogP contribution in [0.15, 0.2) is 17.1 Å². The Hall–Kier alpha value is -0.770. The molecule has 0 spiro atoms. The van der Waals surface area contributed by atoms with Gasteiger partial charge in [-0.25, -0.2) is 4.68 Å². The van der Waals surface area contributed by atoms with Gasteiger partial charge in [0.1, 0.15) is 0 Å². The average molecular weight is 240 g/mol. The van der Waals surface area contributed by atoms with Gasteiger partial charge in [-0.15, -0.1) is 0 Å². The van der Waals surface area contributed by atoms with E-state index in [0.29, 0.717) is 12.5 Å². The van der Waals surface area contributed by atoms with Crippen LogP contribution >= 0.6 is 12.6 Å². The molecule has 16 heavy (non-hydrogen) atoms. The van der Waals surface area contributed by atoms with Gasteiger partial charge in [0, 0.05) is 12.6 Å². The van der Waals surface area contributed by atoms with Gasteiger partial charge in [0.25, 0.3) is 5.56 Å². The molecule has 0 saturated heterocycles. The summed E-state index contributed by atoms with van der Waals surface area (Å²) in [5.41, 5.74) is 1.00. The molecule has 1 heterocycles. The molecule has 3 nitrogen and oxygen atoms in total. The van der Waals surface area contributed by atoms with Crippen LogP contribution in [0.4, 0.5) is 0 Å². The number of aryl methyl sites for hydroxylation is 1. The van der Waals surface area contributed by atoms with Gasteiger partial charge in [-0.1, -0.05) is 20.8 Å². The summed E-state index contributed by atoms with van der Waals surface area (Å²) in [6.07, 6.45) is 1.72. The van der Waals surface area contributed by atoms with Gasteiger partial charge in [-0.05, 0) is 29.6 Å². The van der Waals surface area contributed by atoms with Crippen LogP contribution in [0.2, 0.25) is 0 Å². The molecule has 0 aromatic carbocycles. The molecule has 1 rings (SSSR count). The quantitative estimate of drug-likeness (QED) is 0.822. The predicted octanol–water partition coefficient (Wildman–Crippen LogP) is 2.14. The number of nitrogens with zero attached hydrogens (tertiary/aromatic N) is 2. The van der Waals surface area contributed by atoms with Crippen molar-refractivity contribution >= 4 is 12.6 Å². The lowest BCUT2D eigenvalue weighted by Crippen LogP contribution is -2.32. The molecular formula is C12H20N2OS. The normalized spacial score (nSPS) is 13.8. The molecular weight excluding hydrogens is 220 g/mol. The Morgan fingerprint density at radius 1 is 1.50 bits per heavy atom. The third kappa shape index (κ3) is 3.37. The van der Waals surface area contributed by atoms with E-state index in [0.717, 1.165) is 11.3 Å². The van der Waals surface area contributed by atoms with Crippen LogP contribution in [0.3, 0.4) is 0 Å². The number of hydrogen-bond acceptors (Lipinski definition) is 3. The number of aromatic nitrogens is 2. The molecule has 1 aromatic rings. The zero-order chi connectivity index (χ0) is 12.3. The SMILES string of the molecule is Cc1cnn(CC(CS)C(C)(C)C)c(=O)c1. The lowest BCUT2D eigenvalue weighted by molar-refractivity contribution is 0.227. The van der Waals surface area contributed by atoms with Gasteiger partial charge in [0.15, 0.2) is 0 Å². The highest BCUT2D eigenvalue weighted by Crippen LogP contribution is 2.27. The minimum absolute atomic E-state index is 0.0315. The fourth-order valence-corrected chi connectivity index (χ4v) is 2.14. The van der Waals surface area contributed by atoms with Crippen LogP contribution < -0.4 is 5.56 Å². The zero-order valence-corrected chi connectivity index (χ0v) is 11.3. The van der Waals surface area contributed by atoms with Crippen molar-refractivity contribution in [2.75, 3.05) is 5.75 Å². The maximum atomic E-state index is 11.7. The molecule has 0 aliphatic carbocycles. The van der Waals surface area contributed by atoms with E-state index in [2.05, 4.69) is 38.5 Å². The molecule has 0 fully saturated rings. The first-order valence-corrected chi connectivity index (χ1v) is 6.12. The molecule has 0 N–H and O–H groups in total. The third-order valence-corrected chi connectivity index (χ3v) is 3.29. The van der Waals surface area contributed by atoms with Gasteiger partial charge in [-0.3, -0.25) is 4.79 Å². The first-order chi connectivity index (χ1) is 7.34. The molecule has 1 aromatic heterocycles. The summed E-state index contributed by atoms with van der Waals surface area (Å²) >= 11 is 4.35. The van der Waals surface area contributed by atoms with E-state index in [1.165, 1.54) is 4.68 Å². The summed E-state index contributed by atoms with van der Waals surface area (Å²) in [5.74, 6) is 1.09. The molecule has 0 aliphatic rings. The molecule has 0 aliphatic heterocycles. The fourth-order valence-electron chi connectivity index (χ4n) is 1.48. The highest BCUT2D eigenvalue weighted by Gasteiger charge is 2.24. The predicted molar refractivity (Wildman–Crippen MR) is 70.0 cm³/mol. The van der Waals surface area contributed by atoms with Crippen molar-refractivity contribution in [3.05, 3.63) is 28.2 Å². The zero-order valence-electron chi connectivity index (χ0n) is 10.4. The van der Waals surface area contributed by atoms with Crippen molar-refractivity contribution in [1.82, 2.24) is 9.78 Å². The second-order valence-corrected chi connectivity index (χ2v) is 5.66. The second kappa shape index (κ2) is 5.04. The lowest BCUT2D eigenvalue weighted by Gasteiger charge is -2.29. The van der Waals surface area contributed by atoms with Crippen LogP contribution in [-0.2, 0) is 6.54 Å². The van der Waals surface area contributed by atoms with Crippen LogP contribution in [-0.4, -0.2) is 15.5 Å². The first-order valence-electron chi connectivity index (χ1n) is 5.49. The van der Waals surface area contributed by atoms with Crippen LogP contribution in [0, 0.1) is 18.3 Å². The van der Waals surface area contributed by atoms with Crippen LogP contribution in [0.25, 0.3) is 0 Å². The number of thiol groups is 1. The molecule has 0 saturated carbocycles. The van der Waals surface area contributed by atoms with Crippen molar-refractivity contribution in [2.24, 2.45) is 11.3 Å². The Labute approximate surface area is 102 Å². The molecule has 0 bridgehead atoms. The fraction of sp³-hybridized carbons (Fsp3) is 0.667. The Morgan fingerprint density at radius 3 is 2.56 bits per heavy atom. The lowest BCUT2D eigenvalue weighted by atomic mass is 9.82. The Kier molecular flexibility index (Phi) is 4.19.